The van der Waals surface area contributed by atoms with Gasteiger partial charge in [-0.15, -0.1) is 0 Å². The van der Waals surface area contributed by atoms with Gasteiger partial charge in [-0.3, -0.25) is 4.90 Å². The van der Waals surface area contributed by atoms with Crippen LogP contribution in [0.25, 0.3) is 0 Å². The lowest BCUT2D eigenvalue weighted by Crippen LogP contribution is -2.48. The summed E-state index contributed by atoms with van der Waals surface area (Å²) in [6.07, 6.45) is 1.21. The Morgan fingerprint density at radius 3 is 2.43 bits per heavy atom. The molecule has 0 spiro atoms. The number of hydrogen-bond donors (Lipinski definition) is 2. The number of urea groups is 1. The number of benzene rings is 1. The van der Waals surface area contributed by atoms with Gasteiger partial charge in [-0.1, -0.05) is 19.1 Å². The van der Waals surface area contributed by atoms with E-state index < -0.39 is 0 Å². The van der Waals surface area contributed by atoms with Gasteiger partial charge in [0.1, 0.15) is 5.75 Å². The molecule has 2 rings (SSSR count). The first kappa shape index (κ1) is 17.6. The summed E-state index contributed by atoms with van der Waals surface area (Å²) >= 11 is 0. The number of ether oxygens (including phenoxy) is 1. The van der Waals surface area contributed by atoms with Crippen LogP contribution in [0.3, 0.4) is 0 Å². The Kier molecular flexibility index (Phi) is 7.16. The van der Waals surface area contributed by atoms with Crippen molar-refractivity contribution in [3.8, 4) is 5.75 Å². The van der Waals surface area contributed by atoms with Crippen molar-refractivity contribution >= 4 is 11.7 Å². The van der Waals surface area contributed by atoms with Gasteiger partial charge in [-0.2, -0.15) is 0 Å². The van der Waals surface area contributed by atoms with Crippen LogP contribution in [0.15, 0.2) is 24.3 Å². The summed E-state index contributed by atoms with van der Waals surface area (Å²) in [6.45, 7) is 9.35. The topological polar surface area (TPSA) is 56.8 Å². The zero-order valence-electron chi connectivity index (χ0n) is 14.2. The van der Waals surface area contributed by atoms with E-state index in [4.69, 9.17) is 4.74 Å². The Bertz CT molecular complexity index is 487. The molecular weight excluding hydrogens is 292 g/mol. The van der Waals surface area contributed by atoms with Crippen molar-refractivity contribution in [3.05, 3.63) is 24.3 Å². The molecule has 1 aromatic carbocycles. The fourth-order valence-electron chi connectivity index (χ4n) is 2.79. The van der Waals surface area contributed by atoms with Gasteiger partial charge in [-0.25, -0.2) is 4.79 Å². The SMILES string of the molecule is CCCN1CCN(CCNC(=O)Nc2ccccc2OC)CC1. The van der Waals surface area contributed by atoms with Gasteiger partial charge in [0.15, 0.2) is 0 Å². The van der Waals surface area contributed by atoms with E-state index in [0.717, 1.165) is 32.7 Å². The molecule has 1 heterocycles. The van der Waals surface area contributed by atoms with E-state index in [-0.39, 0.29) is 6.03 Å². The van der Waals surface area contributed by atoms with Crippen LogP contribution >= 0.6 is 0 Å². The Labute approximate surface area is 138 Å². The highest BCUT2D eigenvalue weighted by atomic mass is 16.5. The molecule has 0 saturated carbocycles. The molecular formula is C17H28N4O2. The Balaban J connectivity index is 1.65. The molecule has 2 amide bonds. The zero-order chi connectivity index (χ0) is 16.5. The second-order valence-corrected chi connectivity index (χ2v) is 5.76. The van der Waals surface area contributed by atoms with Gasteiger partial charge < -0.3 is 20.3 Å². The smallest absolute Gasteiger partial charge is 0.319 e. The average Bonchev–Trinajstić information content (AvgIpc) is 2.57. The minimum Gasteiger partial charge on any atom is -0.495 e. The number of hydrogen-bond acceptors (Lipinski definition) is 4. The molecule has 6 nitrogen and oxygen atoms in total. The van der Waals surface area contributed by atoms with E-state index in [1.165, 1.54) is 13.0 Å². The van der Waals surface area contributed by atoms with E-state index in [1.54, 1.807) is 7.11 Å². The number of rotatable bonds is 7. The number of amides is 2. The van der Waals surface area contributed by atoms with Gasteiger partial charge in [-0.05, 0) is 25.1 Å². The average molecular weight is 320 g/mol. The molecule has 0 atom stereocenters. The van der Waals surface area contributed by atoms with Crippen LogP contribution in [0.1, 0.15) is 13.3 Å². The lowest BCUT2D eigenvalue weighted by atomic mass is 10.3. The summed E-state index contributed by atoms with van der Waals surface area (Å²) in [5.41, 5.74) is 0.681. The quantitative estimate of drug-likeness (QED) is 0.805. The number of anilines is 1. The first-order chi connectivity index (χ1) is 11.2. The molecule has 0 unspecified atom stereocenters. The number of nitrogens with zero attached hydrogens (tertiary/aromatic N) is 2. The summed E-state index contributed by atoms with van der Waals surface area (Å²) in [5, 5.41) is 5.73. The monoisotopic (exact) mass is 320 g/mol. The van der Waals surface area contributed by atoms with Crippen LogP contribution in [0.4, 0.5) is 10.5 Å². The van der Waals surface area contributed by atoms with Crippen molar-refractivity contribution < 1.29 is 9.53 Å². The van der Waals surface area contributed by atoms with Gasteiger partial charge in [0.25, 0.3) is 0 Å². The predicted molar refractivity (Wildman–Crippen MR) is 93.2 cm³/mol. The highest BCUT2D eigenvalue weighted by Crippen LogP contribution is 2.22. The lowest BCUT2D eigenvalue weighted by Gasteiger charge is -2.34. The molecule has 1 saturated heterocycles. The molecule has 0 aromatic heterocycles. The predicted octanol–water partition coefficient (Wildman–Crippen LogP) is 1.84. The summed E-state index contributed by atoms with van der Waals surface area (Å²) in [6, 6.07) is 7.20. The van der Waals surface area contributed by atoms with Crippen molar-refractivity contribution in [2.75, 3.05) is 58.2 Å². The molecule has 2 N–H and O–H groups in total. The summed E-state index contributed by atoms with van der Waals surface area (Å²) in [5.74, 6) is 0.662. The van der Waals surface area contributed by atoms with Crippen molar-refractivity contribution in [1.29, 1.82) is 0 Å². The third-order valence-corrected chi connectivity index (χ3v) is 4.07. The molecule has 1 fully saturated rings. The minimum absolute atomic E-state index is 0.195. The fourth-order valence-corrected chi connectivity index (χ4v) is 2.79. The number of para-hydroxylation sites is 2. The van der Waals surface area contributed by atoms with Gasteiger partial charge in [0.2, 0.25) is 0 Å². The first-order valence-electron chi connectivity index (χ1n) is 8.35. The number of methoxy groups -OCH3 is 1. The fraction of sp³-hybridized carbons (Fsp3) is 0.588. The molecule has 6 heteroatoms. The highest BCUT2D eigenvalue weighted by molar-refractivity contribution is 5.90. The maximum Gasteiger partial charge on any atom is 0.319 e. The number of nitrogens with one attached hydrogen (secondary N) is 2. The van der Waals surface area contributed by atoms with Crippen molar-refractivity contribution in [1.82, 2.24) is 15.1 Å². The van der Waals surface area contributed by atoms with E-state index in [9.17, 15) is 4.79 Å². The Morgan fingerprint density at radius 2 is 1.78 bits per heavy atom. The standard InChI is InChI=1S/C17H28N4O2/c1-3-9-20-11-13-21(14-12-20)10-8-18-17(22)19-15-6-4-5-7-16(15)23-2/h4-7H,3,8-14H2,1-2H3,(H2,18,19,22). The summed E-state index contributed by atoms with van der Waals surface area (Å²) < 4.78 is 5.22. The van der Waals surface area contributed by atoms with Crippen molar-refractivity contribution in [2.24, 2.45) is 0 Å². The van der Waals surface area contributed by atoms with Crippen molar-refractivity contribution in [3.63, 3.8) is 0 Å². The third-order valence-electron chi connectivity index (χ3n) is 4.07. The minimum atomic E-state index is -0.195. The number of piperazine rings is 1. The third kappa shape index (κ3) is 5.73. The van der Waals surface area contributed by atoms with E-state index in [2.05, 4.69) is 27.4 Å². The van der Waals surface area contributed by atoms with Crippen LogP contribution in [-0.2, 0) is 0 Å². The molecule has 0 radical (unpaired) electrons. The van der Waals surface area contributed by atoms with Crippen molar-refractivity contribution in [2.45, 2.75) is 13.3 Å². The van der Waals surface area contributed by atoms with Gasteiger partial charge in [0.05, 0.1) is 12.8 Å². The molecule has 1 aliphatic rings. The van der Waals surface area contributed by atoms with Gasteiger partial charge >= 0.3 is 6.03 Å². The molecule has 0 bridgehead atoms. The van der Waals surface area contributed by atoms with Crippen LogP contribution in [-0.4, -0.2) is 68.8 Å². The second kappa shape index (κ2) is 9.37. The van der Waals surface area contributed by atoms with Gasteiger partial charge in [0, 0.05) is 39.3 Å². The second-order valence-electron chi connectivity index (χ2n) is 5.76. The Hall–Kier alpha value is -1.79. The first-order valence-corrected chi connectivity index (χ1v) is 8.35. The van der Waals surface area contributed by atoms with Crippen LogP contribution in [0.2, 0.25) is 0 Å². The highest BCUT2D eigenvalue weighted by Gasteiger charge is 2.15. The Morgan fingerprint density at radius 1 is 1.13 bits per heavy atom. The summed E-state index contributed by atoms with van der Waals surface area (Å²) in [7, 11) is 1.59. The molecule has 23 heavy (non-hydrogen) atoms. The van der Waals surface area contributed by atoms with E-state index in [0.29, 0.717) is 18.0 Å². The summed E-state index contributed by atoms with van der Waals surface area (Å²) in [4.78, 5) is 16.9. The molecule has 1 aromatic rings. The lowest BCUT2D eigenvalue weighted by molar-refractivity contribution is 0.133. The van der Waals surface area contributed by atoms with E-state index >= 15 is 0 Å². The maximum absolute atomic E-state index is 12.0. The number of carbonyl (C=O) groups excluding carboxylic acids is 1. The molecule has 0 aliphatic carbocycles. The van der Waals surface area contributed by atoms with Crippen LogP contribution < -0.4 is 15.4 Å². The molecule has 1 aliphatic heterocycles. The largest absolute Gasteiger partial charge is 0.495 e. The molecule has 128 valence electrons. The zero-order valence-corrected chi connectivity index (χ0v) is 14.2. The number of carbonyl (C=O) groups is 1. The van der Waals surface area contributed by atoms with Crippen LogP contribution in [0, 0.1) is 0 Å². The normalized spacial score (nSPS) is 16.1. The maximum atomic E-state index is 12.0. The van der Waals surface area contributed by atoms with Crippen LogP contribution in [0.5, 0.6) is 5.75 Å². The van der Waals surface area contributed by atoms with E-state index in [1.807, 2.05) is 24.3 Å².